The summed E-state index contributed by atoms with van der Waals surface area (Å²) >= 11 is 0. The van der Waals surface area contributed by atoms with E-state index >= 15 is 0 Å². The molecule has 0 radical (unpaired) electrons. The van der Waals surface area contributed by atoms with Gasteiger partial charge in [-0.25, -0.2) is 9.97 Å². The Labute approximate surface area is 164 Å². The molecule has 3 aromatic heterocycles. The van der Waals surface area contributed by atoms with Crippen LogP contribution in [0, 0.1) is 0 Å². The number of carbonyl (C=O) groups excluding carboxylic acids is 1. The molecule has 0 aliphatic carbocycles. The van der Waals surface area contributed by atoms with Gasteiger partial charge in [0.2, 0.25) is 5.91 Å². The summed E-state index contributed by atoms with van der Waals surface area (Å²) < 4.78 is 40.9. The van der Waals surface area contributed by atoms with Gasteiger partial charge in [0, 0.05) is 23.5 Å². The lowest BCUT2D eigenvalue weighted by atomic mass is 10.0. The van der Waals surface area contributed by atoms with Gasteiger partial charge in [-0.15, -0.1) is 0 Å². The first-order valence-corrected chi connectivity index (χ1v) is 9.17. The number of pyridine rings is 2. The number of amides is 1. The molecule has 0 aromatic carbocycles. The summed E-state index contributed by atoms with van der Waals surface area (Å²) in [6.45, 7) is 0.808. The molecule has 0 bridgehead atoms. The summed E-state index contributed by atoms with van der Waals surface area (Å²) in [7, 11) is 0. The lowest BCUT2D eigenvalue weighted by Crippen LogP contribution is -2.43. The highest BCUT2D eigenvalue weighted by molar-refractivity contribution is 5.94. The zero-order valence-corrected chi connectivity index (χ0v) is 15.3. The first-order valence-electron chi connectivity index (χ1n) is 9.17. The summed E-state index contributed by atoms with van der Waals surface area (Å²) in [5.74, 6) is -0.330. The van der Waals surface area contributed by atoms with Gasteiger partial charge in [-0.3, -0.25) is 4.79 Å². The van der Waals surface area contributed by atoms with Crippen molar-refractivity contribution in [1.82, 2.24) is 19.7 Å². The Morgan fingerprint density at radius 3 is 2.79 bits per heavy atom. The van der Waals surface area contributed by atoms with E-state index in [1.165, 1.54) is 6.20 Å². The van der Waals surface area contributed by atoms with E-state index in [-0.39, 0.29) is 17.5 Å². The third-order valence-corrected chi connectivity index (χ3v) is 4.89. The normalized spacial score (nSPS) is 17.4. The number of anilines is 2. The van der Waals surface area contributed by atoms with Crippen LogP contribution in [0.1, 0.15) is 24.8 Å². The van der Waals surface area contributed by atoms with Crippen molar-refractivity contribution in [3.05, 3.63) is 42.4 Å². The van der Waals surface area contributed by atoms with Crippen LogP contribution in [0.5, 0.6) is 0 Å². The van der Waals surface area contributed by atoms with Crippen molar-refractivity contribution < 1.29 is 18.0 Å². The summed E-state index contributed by atoms with van der Waals surface area (Å²) in [5.41, 5.74) is 5.73. The van der Waals surface area contributed by atoms with Crippen molar-refractivity contribution in [3.8, 4) is 11.1 Å². The van der Waals surface area contributed by atoms with Crippen molar-refractivity contribution in [2.24, 2.45) is 0 Å². The SMILES string of the molecule is Nc1ncc(-c2ccc3nc(NC(=O)[C@H]4CCCCN4)cn3c2)cc1C(F)(F)F. The molecule has 0 unspecified atom stereocenters. The summed E-state index contributed by atoms with van der Waals surface area (Å²) in [6.07, 6.45) is 2.78. The number of aromatic nitrogens is 3. The first-order chi connectivity index (χ1) is 13.8. The fourth-order valence-corrected chi connectivity index (χ4v) is 3.37. The number of nitrogens with one attached hydrogen (secondary N) is 2. The largest absolute Gasteiger partial charge is 0.419 e. The number of nitrogen functional groups attached to an aromatic ring is 1. The number of alkyl halides is 3. The number of hydrogen-bond acceptors (Lipinski definition) is 5. The molecule has 1 fully saturated rings. The lowest BCUT2D eigenvalue weighted by molar-refractivity contribution is -0.137. The van der Waals surface area contributed by atoms with Crippen molar-refractivity contribution in [1.29, 1.82) is 0 Å². The number of nitrogens with two attached hydrogens (primary N) is 1. The summed E-state index contributed by atoms with van der Waals surface area (Å²) in [6, 6.07) is 4.03. The summed E-state index contributed by atoms with van der Waals surface area (Å²) in [4.78, 5) is 20.4. The molecule has 4 rings (SSSR count). The van der Waals surface area contributed by atoms with Crippen molar-refractivity contribution in [2.45, 2.75) is 31.5 Å². The fraction of sp³-hybridized carbons (Fsp3) is 0.316. The van der Waals surface area contributed by atoms with Crippen molar-refractivity contribution >= 4 is 23.2 Å². The Morgan fingerprint density at radius 2 is 2.07 bits per heavy atom. The second-order valence-corrected chi connectivity index (χ2v) is 6.96. The minimum absolute atomic E-state index is 0.147. The number of rotatable bonds is 3. The van der Waals surface area contributed by atoms with E-state index in [0.717, 1.165) is 31.9 Å². The highest BCUT2D eigenvalue weighted by Gasteiger charge is 2.34. The molecular weight excluding hydrogens is 385 g/mol. The van der Waals surface area contributed by atoms with Crippen LogP contribution in [0.2, 0.25) is 0 Å². The number of hydrogen-bond donors (Lipinski definition) is 3. The van der Waals surface area contributed by atoms with E-state index in [4.69, 9.17) is 5.73 Å². The fourth-order valence-electron chi connectivity index (χ4n) is 3.37. The Hall–Kier alpha value is -3.14. The standard InChI is InChI=1S/C19H19F3N6O/c20-19(21,22)13-7-12(8-25-17(13)23)11-4-5-16-26-15(10-28(16)9-11)27-18(29)14-3-1-2-6-24-14/h4-5,7-10,14,24H,1-3,6H2,(H2,23,25)(H,27,29)/t14-/m1/s1. The molecule has 4 heterocycles. The number of nitrogens with zero attached hydrogens (tertiary/aromatic N) is 3. The van der Waals surface area contributed by atoms with E-state index in [2.05, 4.69) is 20.6 Å². The van der Waals surface area contributed by atoms with Gasteiger partial charge in [-0.05, 0) is 37.6 Å². The maximum Gasteiger partial charge on any atom is 0.419 e. The second-order valence-electron chi connectivity index (χ2n) is 6.96. The van der Waals surface area contributed by atoms with Crippen molar-refractivity contribution in [2.75, 3.05) is 17.6 Å². The highest BCUT2D eigenvalue weighted by Crippen LogP contribution is 2.35. The van der Waals surface area contributed by atoms with Crippen LogP contribution in [0.25, 0.3) is 16.8 Å². The Kier molecular flexibility index (Phi) is 4.87. The lowest BCUT2D eigenvalue weighted by Gasteiger charge is -2.21. The van der Waals surface area contributed by atoms with Crippen LogP contribution in [0.15, 0.2) is 36.8 Å². The van der Waals surface area contributed by atoms with Crippen LogP contribution in [-0.2, 0) is 11.0 Å². The van der Waals surface area contributed by atoms with E-state index in [1.807, 2.05) is 0 Å². The Balaban J connectivity index is 1.60. The highest BCUT2D eigenvalue weighted by atomic mass is 19.4. The van der Waals surface area contributed by atoms with Crippen LogP contribution in [0.3, 0.4) is 0 Å². The van der Waals surface area contributed by atoms with Gasteiger partial charge < -0.3 is 20.8 Å². The molecule has 1 saturated heterocycles. The molecule has 1 atom stereocenters. The van der Waals surface area contributed by atoms with Gasteiger partial charge in [0.1, 0.15) is 11.5 Å². The van der Waals surface area contributed by atoms with Gasteiger partial charge in [0.05, 0.1) is 17.8 Å². The predicted octanol–water partition coefficient (Wildman–Crippen LogP) is 3.08. The number of halogens is 3. The molecular formula is C19H19F3N6O. The van der Waals surface area contributed by atoms with Crippen LogP contribution >= 0.6 is 0 Å². The predicted molar refractivity (Wildman–Crippen MR) is 102 cm³/mol. The number of carbonyl (C=O) groups is 1. The molecule has 10 heteroatoms. The zero-order valence-electron chi connectivity index (χ0n) is 15.3. The van der Waals surface area contributed by atoms with E-state index < -0.39 is 17.6 Å². The Bertz CT molecular complexity index is 1060. The second kappa shape index (κ2) is 7.36. The monoisotopic (exact) mass is 404 g/mol. The minimum atomic E-state index is -4.59. The minimum Gasteiger partial charge on any atom is -0.383 e. The van der Waals surface area contributed by atoms with Gasteiger partial charge in [-0.2, -0.15) is 13.2 Å². The third-order valence-electron chi connectivity index (χ3n) is 4.89. The summed E-state index contributed by atoms with van der Waals surface area (Å²) in [5, 5.41) is 5.96. The van der Waals surface area contributed by atoms with E-state index in [0.29, 0.717) is 17.0 Å². The number of fused-ring (bicyclic) bond motifs is 1. The van der Waals surface area contributed by atoms with E-state index in [9.17, 15) is 18.0 Å². The maximum atomic E-state index is 13.1. The molecule has 4 N–H and O–H groups in total. The van der Waals surface area contributed by atoms with Gasteiger partial charge in [-0.1, -0.05) is 6.42 Å². The quantitative estimate of drug-likeness (QED) is 0.623. The molecule has 1 aliphatic heterocycles. The average Bonchev–Trinajstić information content (AvgIpc) is 3.09. The Morgan fingerprint density at radius 1 is 1.24 bits per heavy atom. The molecule has 29 heavy (non-hydrogen) atoms. The zero-order chi connectivity index (χ0) is 20.6. The number of imidazole rings is 1. The van der Waals surface area contributed by atoms with Crippen LogP contribution in [0.4, 0.5) is 24.8 Å². The molecule has 0 saturated carbocycles. The van der Waals surface area contributed by atoms with Crippen molar-refractivity contribution in [3.63, 3.8) is 0 Å². The van der Waals surface area contributed by atoms with Crippen LogP contribution < -0.4 is 16.4 Å². The van der Waals surface area contributed by atoms with Crippen LogP contribution in [-0.4, -0.2) is 32.9 Å². The average molecular weight is 404 g/mol. The van der Waals surface area contributed by atoms with E-state index in [1.54, 1.807) is 28.9 Å². The van der Waals surface area contributed by atoms with Gasteiger partial charge in [0.15, 0.2) is 5.82 Å². The molecule has 0 spiro atoms. The molecule has 1 amide bonds. The first kappa shape index (κ1) is 19.2. The molecule has 152 valence electrons. The number of piperidine rings is 1. The molecule has 1 aliphatic rings. The van der Waals surface area contributed by atoms with Gasteiger partial charge >= 0.3 is 6.18 Å². The van der Waals surface area contributed by atoms with Gasteiger partial charge in [0.25, 0.3) is 0 Å². The smallest absolute Gasteiger partial charge is 0.383 e. The molecule has 3 aromatic rings. The molecule has 7 nitrogen and oxygen atoms in total. The maximum absolute atomic E-state index is 13.1. The third kappa shape index (κ3) is 4.02. The topological polar surface area (TPSA) is 97.3 Å².